The highest BCUT2D eigenvalue weighted by atomic mass is 35.5. The van der Waals surface area contributed by atoms with Gasteiger partial charge in [0.05, 0.1) is 11.6 Å². The summed E-state index contributed by atoms with van der Waals surface area (Å²) in [5, 5.41) is 13.1. The molecule has 0 aliphatic carbocycles. The van der Waals surface area contributed by atoms with Crippen molar-refractivity contribution in [1.29, 1.82) is 0 Å². The number of halogens is 1. The maximum absolute atomic E-state index is 9.60. The molecule has 1 saturated heterocycles. The number of piperidine rings is 1. The largest absolute Gasteiger partial charge is 0.410 e. The van der Waals surface area contributed by atoms with Crippen LogP contribution in [0.5, 0.6) is 0 Å². The molecule has 2 aromatic carbocycles. The molecule has 0 unspecified atom stereocenters. The first-order valence-electron chi connectivity index (χ1n) is 8.59. The van der Waals surface area contributed by atoms with Gasteiger partial charge >= 0.3 is 0 Å². The summed E-state index contributed by atoms with van der Waals surface area (Å²) in [6.07, 6.45) is 3.60. The Balaban J connectivity index is 1.99. The lowest BCUT2D eigenvalue weighted by Crippen LogP contribution is -2.36. The van der Waals surface area contributed by atoms with E-state index in [-0.39, 0.29) is 0 Å². The molecule has 2 aromatic rings. The standard InChI is InChI=1S/C20H22ClN3O/c21-15-19(24-13-7-2-8-14-24)22-18-12-6-5-11-17(18)20(23-25)16-9-3-1-4-10-16/h1,3-6,9-12,25H,2,7-8,13-15H2/b22-19?,23-20+. The molecule has 1 aliphatic rings. The van der Waals surface area contributed by atoms with E-state index in [4.69, 9.17) is 16.6 Å². The Morgan fingerprint density at radius 1 is 0.960 bits per heavy atom. The third-order valence-corrected chi connectivity index (χ3v) is 4.64. The molecule has 1 aliphatic heterocycles. The van der Waals surface area contributed by atoms with Crippen molar-refractivity contribution in [2.75, 3.05) is 19.0 Å². The Morgan fingerprint density at radius 3 is 2.32 bits per heavy atom. The van der Waals surface area contributed by atoms with E-state index in [2.05, 4.69) is 10.1 Å². The van der Waals surface area contributed by atoms with Crippen LogP contribution in [0.1, 0.15) is 30.4 Å². The normalized spacial score (nSPS) is 16.1. The number of hydrogen-bond acceptors (Lipinski definition) is 3. The predicted octanol–water partition coefficient (Wildman–Crippen LogP) is 4.67. The molecule has 1 N–H and O–H groups in total. The molecule has 0 radical (unpaired) electrons. The van der Waals surface area contributed by atoms with Gasteiger partial charge in [-0.15, -0.1) is 11.6 Å². The van der Waals surface area contributed by atoms with Crippen molar-refractivity contribution in [2.24, 2.45) is 10.1 Å². The smallest absolute Gasteiger partial charge is 0.120 e. The fourth-order valence-electron chi connectivity index (χ4n) is 3.11. The summed E-state index contributed by atoms with van der Waals surface area (Å²) in [7, 11) is 0. The average Bonchev–Trinajstić information content (AvgIpc) is 2.69. The maximum atomic E-state index is 9.60. The van der Waals surface area contributed by atoms with Gasteiger partial charge in [-0.25, -0.2) is 4.99 Å². The predicted molar refractivity (Wildman–Crippen MR) is 104 cm³/mol. The highest BCUT2D eigenvalue weighted by Crippen LogP contribution is 2.24. The molecule has 1 heterocycles. The highest BCUT2D eigenvalue weighted by molar-refractivity contribution is 6.28. The van der Waals surface area contributed by atoms with Crippen molar-refractivity contribution in [3.8, 4) is 0 Å². The number of benzene rings is 2. The molecule has 0 aromatic heterocycles. The first-order valence-corrected chi connectivity index (χ1v) is 9.12. The Kier molecular flexibility index (Phi) is 6.07. The van der Waals surface area contributed by atoms with Crippen molar-refractivity contribution >= 4 is 28.8 Å². The van der Waals surface area contributed by atoms with E-state index < -0.39 is 0 Å². The monoisotopic (exact) mass is 355 g/mol. The number of oxime groups is 1. The number of aliphatic imine (C=N–C) groups is 1. The summed E-state index contributed by atoms with van der Waals surface area (Å²) in [5.74, 6) is 1.24. The Hall–Kier alpha value is -2.33. The van der Waals surface area contributed by atoms with E-state index in [1.807, 2.05) is 54.6 Å². The summed E-state index contributed by atoms with van der Waals surface area (Å²) in [5.41, 5.74) is 2.90. The third kappa shape index (κ3) is 4.20. The highest BCUT2D eigenvalue weighted by Gasteiger charge is 2.16. The molecule has 0 amide bonds. The summed E-state index contributed by atoms with van der Waals surface area (Å²) in [6, 6.07) is 17.3. The first kappa shape index (κ1) is 17.5. The Morgan fingerprint density at radius 2 is 1.64 bits per heavy atom. The molecule has 0 atom stereocenters. The number of amidine groups is 1. The van der Waals surface area contributed by atoms with Crippen LogP contribution in [0.15, 0.2) is 64.7 Å². The second-order valence-electron chi connectivity index (χ2n) is 6.04. The first-order chi connectivity index (χ1) is 12.3. The molecule has 0 spiro atoms. The van der Waals surface area contributed by atoms with Gasteiger partial charge in [-0.3, -0.25) is 0 Å². The lowest BCUT2D eigenvalue weighted by atomic mass is 10.0. The van der Waals surface area contributed by atoms with Gasteiger partial charge in [0.25, 0.3) is 0 Å². The quantitative estimate of drug-likeness (QED) is 0.285. The summed E-state index contributed by atoms with van der Waals surface area (Å²) in [4.78, 5) is 7.07. The van der Waals surface area contributed by atoms with E-state index in [0.29, 0.717) is 11.6 Å². The minimum Gasteiger partial charge on any atom is -0.410 e. The molecular formula is C20H22ClN3O. The summed E-state index contributed by atoms with van der Waals surface area (Å²) >= 11 is 6.18. The van der Waals surface area contributed by atoms with Crippen LogP contribution in [0.4, 0.5) is 5.69 Å². The van der Waals surface area contributed by atoms with Crippen molar-refractivity contribution in [1.82, 2.24) is 4.90 Å². The van der Waals surface area contributed by atoms with Gasteiger partial charge in [0, 0.05) is 24.2 Å². The van der Waals surface area contributed by atoms with Crippen LogP contribution in [0.25, 0.3) is 0 Å². The van der Waals surface area contributed by atoms with E-state index in [0.717, 1.165) is 35.7 Å². The minimum absolute atomic E-state index is 0.366. The fourth-order valence-corrected chi connectivity index (χ4v) is 3.34. The van der Waals surface area contributed by atoms with Crippen molar-refractivity contribution < 1.29 is 5.21 Å². The molecule has 25 heavy (non-hydrogen) atoms. The lowest BCUT2D eigenvalue weighted by Gasteiger charge is -2.29. The molecule has 0 saturated carbocycles. The van der Waals surface area contributed by atoms with Gasteiger partial charge in [-0.2, -0.15) is 0 Å². The van der Waals surface area contributed by atoms with Crippen LogP contribution in [0, 0.1) is 0 Å². The van der Waals surface area contributed by atoms with Crippen molar-refractivity contribution in [2.45, 2.75) is 19.3 Å². The number of likely N-dealkylation sites (tertiary alicyclic amines) is 1. The number of alkyl halides is 1. The number of para-hydroxylation sites is 1. The zero-order valence-electron chi connectivity index (χ0n) is 14.1. The van der Waals surface area contributed by atoms with Crippen LogP contribution < -0.4 is 0 Å². The molecule has 4 nitrogen and oxygen atoms in total. The zero-order chi connectivity index (χ0) is 17.5. The Labute approximate surface area is 153 Å². The van der Waals surface area contributed by atoms with E-state index in [1.165, 1.54) is 19.3 Å². The van der Waals surface area contributed by atoms with Crippen LogP contribution in [-0.4, -0.2) is 40.6 Å². The average molecular weight is 356 g/mol. The minimum atomic E-state index is 0.366. The van der Waals surface area contributed by atoms with E-state index in [1.54, 1.807) is 0 Å². The summed E-state index contributed by atoms with van der Waals surface area (Å²) < 4.78 is 0. The fraction of sp³-hybridized carbons (Fsp3) is 0.300. The van der Waals surface area contributed by atoms with Gasteiger partial charge in [0.1, 0.15) is 11.5 Å². The van der Waals surface area contributed by atoms with Crippen LogP contribution in [-0.2, 0) is 0 Å². The topological polar surface area (TPSA) is 48.2 Å². The number of rotatable bonds is 4. The van der Waals surface area contributed by atoms with E-state index in [9.17, 15) is 5.21 Å². The second kappa shape index (κ2) is 8.67. The van der Waals surface area contributed by atoms with Crippen LogP contribution >= 0.6 is 11.6 Å². The number of hydrogen-bond donors (Lipinski definition) is 1. The molecule has 130 valence electrons. The van der Waals surface area contributed by atoms with Gasteiger partial charge in [-0.1, -0.05) is 53.7 Å². The van der Waals surface area contributed by atoms with Crippen LogP contribution in [0.2, 0.25) is 0 Å². The third-order valence-electron chi connectivity index (χ3n) is 4.40. The molecule has 5 heteroatoms. The van der Waals surface area contributed by atoms with Crippen molar-refractivity contribution in [3.63, 3.8) is 0 Å². The maximum Gasteiger partial charge on any atom is 0.120 e. The molecular weight excluding hydrogens is 334 g/mol. The van der Waals surface area contributed by atoms with Crippen molar-refractivity contribution in [3.05, 3.63) is 65.7 Å². The lowest BCUT2D eigenvalue weighted by molar-refractivity contribution is 0.319. The van der Waals surface area contributed by atoms with E-state index >= 15 is 0 Å². The Bertz CT molecular complexity index is 753. The summed E-state index contributed by atoms with van der Waals surface area (Å²) in [6.45, 7) is 1.99. The second-order valence-corrected chi connectivity index (χ2v) is 6.31. The SMILES string of the molecule is O/N=C(\c1ccccc1)c1ccccc1N=C(CCl)N1CCCCC1. The van der Waals surface area contributed by atoms with Gasteiger partial charge in [0.15, 0.2) is 0 Å². The number of nitrogens with zero attached hydrogens (tertiary/aromatic N) is 3. The zero-order valence-corrected chi connectivity index (χ0v) is 14.9. The van der Waals surface area contributed by atoms with Gasteiger partial charge in [-0.05, 0) is 25.3 Å². The van der Waals surface area contributed by atoms with Gasteiger partial charge < -0.3 is 10.1 Å². The molecule has 0 bridgehead atoms. The van der Waals surface area contributed by atoms with Crippen LogP contribution in [0.3, 0.4) is 0 Å². The van der Waals surface area contributed by atoms with Gasteiger partial charge in [0.2, 0.25) is 0 Å². The molecule has 3 rings (SSSR count). The molecule has 1 fully saturated rings.